The smallest absolute Gasteiger partial charge is 0.320 e. The molecule has 11 heavy (non-hydrogen) atoms. The third kappa shape index (κ3) is 2.07. The second kappa shape index (κ2) is 3.29. The lowest BCUT2D eigenvalue weighted by atomic mass is 9.79. The zero-order valence-electron chi connectivity index (χ0n) is 7.44. The number of aliphatic carboxylic acids is 1. The van der Waals surface area contributed by atoms with Gasteiger partial charge in [0.05, 0.1) is 0 Å². The summed E-state index contributed by atoms with van der Waals surface area (Å²) in [6.07, 6.45) is 0.659. The first-order valence-corrected chi connectivity index (χ1v) is 4.76. The van der Waals surface area contributed by atoms with Crippen LogP contribution in [0.1, 0.15) is 34.1 Å². The van der Waals surface area contributed by atoms with E-state index in [9.17, 15) is 4.79 Å². The number of carboxylic acids is 1. The fourth-order valence-corrected chi connectivity index (χ4v) is 1.00. The summed E-state index contributed by atoms with van der Waals surface area (Å²) in [5.74, 6) is -0.715. The molecule has 0 heterocycles. The molecule has 0 amide bonds. The van der Waals surface area contributed by atoms with E-state index >= 15 is 0 Å². The maximum absolute atomic E-state index is 10.9. The van der Waals surface area contributed by atoms with Gasteiger partial charge in [0.15, 0.2) is 0 Å². The number of alkyl halides is 1. The molecule has 0 spiro atoms. The van der Waals surface area contributed by atoms with E-state index in [0.717, 1.165) is 0 Å². The van der Waals surface area contributed by atoms with E-state index in [1.54, 1.807) is 0 Å². The first-order valence-electron chi connectivity index (χ1n) is 3.68. The van der Waals surface area contributed by atoms with Gasteiger partial charge in [0.1, 0.15) is 3.42 Å². The molecule has 0 rings (SSSR count). The molecule has 0 aromatic rings. The van der Waals surface area contributed by atoms with E-state index in [1.165, 1.54) is 0 Å². The van der Waals surface area contributed by atoms with Crippen LogP contribution in [0, 0.1) is 5.41 Å². The maximum atomic E-state index is 10.9. The summed E-state index contributed by atoms with van der Waals surface area (Å²) >= 11 is 2.04. The highest BCUT2D eigenvalue weighted by Gasteiger charge is 2.44. The molecule has 0 saturated heterocycles. The van der Waals surface area contributed by atoms with Crippen LogP contribution in [0.3, 0.4) is 0 Å². The Morgan fingerprint density at radius 2 is 1.82 bits per heavy atom. The normalized spacial score (nSPS) is 17.5. The number of carboxylic acid groups (broad SMARTS) is 1. The highest BCUT2D eigenvalue weighted by molar-refractivity contribution is 14.1. The Hall–Kier alpha value is 0.200. The molecule has 0 aliphatic heterocycles. The summed E-state index contributed by atoms with van der Waals surface area (Å²) < 4.78 is -0.634. The van der Waals surface area contributed by atoms with Crippen molar-refractivity contribution in [3.8, 4) is 0 Å². The third-order valence-electron chi connectivity index (χ3n) is 2.01. The van der Waals surface area contributed by atoms with E-state index in [-0.39, 0.29) is 5.41 Å². The molecule has 1 unspecified atom stereocenters. The number of halogens is 1. The lowest BCUT2D eigenvalue weighted by Gasteiger charge is -2.35. The van der Waals surface area contributed by atoms with Gasteiger partial charge < -0.3 is 5.11 Å². The van der Waals surface area contributed by atoms with Gasteiger partial charge >= 0.3 is 5.97 Å². The highest BCUT2D eigenvalue weighted by atomic mass is 127. The summed E-state index contributed by atoms with van der Waals surface area (Å²) in [6, 6.07) is 0. The van der Waals surface area contributed by atoms with Crippen molar-refractivity contribution < 1.29 is 9.90 Å². The van der Waals surface area contributed by atoms with Crippen LogP contribution in [-0.2, 0) is 4.79 Å². The van der Waals surface area contributed by atoms with E-state index in [0.29, 0.717) is 6.42 Å². The van der Waals surface area contributed by atoms with Gasteiger partial charge in [0.2, 0.25) is 0 Å². The summed E-state index contributed by atoms with van der Waals surface area (Å²) in [6.45, 7) is 7.77. The van der Waals surface area contributed by atoms with Gasteiger partial charge in [-0.15, -0.1) is 0 Å². The first-order chi connectivity index (χ1) is 4.75. The van der Waals surface area contributed by atoms with Gasteiger partial charge in [0, 0.05) is 0 Å². The predicted octanol–water partition coefficient (Wildman–Crippen LogP) is 2.70. The molecule has 66 valence electrons. The molecular formula is C8H15IO2. The van der Waals surface area contributed by atoms with Crippen LogP contribution >= 0.6 is 22.6 Å². The molecule has 0 aromatic heterocycles. The third-order valence-corrected chi connectivity index (χ3v) is 4.86. The Bertz CT molecular complexity index is 160. The number of hydrogen-bond donors (Lipinski definition) is 1. The molecule has 0 saturated carbocycles. The van der Waals surface area contributed by atoms with Crippen molar-refractivity contribution in [2.45, 2.75) is 37.5 Å². The molecule has 0 fully saturated rings. The second-order valence-corrected chi connectivity index (χ2v) is 5.55. The van der Waals surface area contributed by atoms with E-state index in [4.69, 9.17) is 5.11 Å². The fourth-order valence-electron chi connectivity index (χ4n) is 1.00. The van der Waals surface area contributed by atoms with Gasteiger partial charge in [-0.1, -0.05) is 50.3 Å². The lowest BCUT2D eigenvalue weighted by Crippen LogP contribution is -2.43. The summed E-state index contributed by atoms with van der Waals surface area (Å²) in [5, 5.41) is 8.96. The van der Waals surface area contributed by atoms with Crippen LogP contribution in [0.5, 0.6) is 0 Å². The zero-order chi connectivity index (χ0) is 9.28. The van der Waals surface area contributed by atoms with Crippen LogP contribution in [0.15, 0.2) is 0 Å². The molecule has 0 radical (unpaired) electrons. The van der Waals surface area contributed by atoms with E-state index in [2.05, 4.69) is 0 Å². The highest BCUT2D eigenvalue weighted by Crippen LogP contribution is 2.41. The fraction of sp³-hybridized carbons (Fsp3) is 0.875. The minimum atomic E-state index is -0.715. The predicted molar refractivity (Wildman–Crippen MR) is 54.1 cm³/mol. The molecule has 1 N–H and O–H groups in total. The van der Waals surface area contributed by atoms with Crippen LogP contribution < -0.4 is 0 Å². The number of rotatable bonds is 2. The molecule has 1 atom stereocenters. The minimum Gasteiger partial charge on any atom is -0.480 e. The van der Waals surface area contributed by atoms with E-state index in [1.807, 2.05) is 50.3 Å². The molecule has 0 aromatic carbocycles. The molecule has 3 heteroatoms. The molecular weight excluding hydrogens is 255 g/mol. The molecule has 0 aliphatic rings. The van der Waals surface area contributed by atoms with E-state index < -0.39 is 9.39 Å². The Morgan fingerprint density at radius 1 is 1.45 bits per heavy atom. The average molecular weight is 270 g/mol. The molecule has 0 bridgehead atoms. The van der Waals surface area contributed by atoms with Gasteiger partial charge in [-0.3, -0.25) is 4.79 Å². The van der Waals surface area contributed by atoms with Crippen molar-refractivity contribution in [3.63, 3.8) is 0 Å². The Labute approximate surface area is 81.5 Å². The Kier molecular flexibility index (Phi) is 3.35. The lowest BCUT2D eigenvalue weighted by molar-refractivity contribution is -0.142. The topological polar surface area (TPSA) is 37.3 Å². The van der Waals surface area contributed by atoms with Crippen molar-refractivity contribution in [2.24, 2.45) is 5.41 Å². The average Bonchev–Trinajstić information content (AvgIpc) is 1.83. The van der Waals surface area contributed by atoms with Crippen molar-refractivity contribution in [1.82, 2.24) is 0 Å². The maximum Gasteiger partial charge on any atom is 0.320 e. The van der Waals surface area contributed by atoms with Crippen LogP contribution in [0.2, 0.25) is 0 Å². The monoisotopic (exact) mass is 270 g/mol. The molecule has 2 nitrogen and oxygen atoms in total. The van der Waals surface area contributed by atoms with Crippen molar-refractivity contribution in [3.05, 3.63) is 0 Å². The summed E-state index contributed by atoms with van der Waals surface area (Å²) in [4.78, 5) is 10.9. The first kappa shape index (κ1) is 11.2. The SMILES string of the molecule is CCC(I)(C(=O)O)C(C)(C)C. The second-order valence-electron chi connectivity index (χ2n) is 3.71. The minimum absolute atomic E-state index is 0.186. The van der Waals surface area contributed by atoms with Gasteiger partial charge in [-0.2, -0.15) is 0 Å². The zero-order valence-corrected chi connectivity index (χ0v) is 9.60. The van der Waals surface area contributed by atoms with Gasteiger partial charge in [-0.05, 0) is 11.8 Å². The Morgan fingerprint density at radius 3 is 1.82 bits per heavy atom. The van der Waals surface area contributed by atoms with Crippen LogP contribution in [0.25, 0.3) is 0 Å². The van der Waals surface area contributed by atoms with Crippen LogP contribution in [-0.4, -0.2) is 14.5 Å². The molecule has 0 aliphatic carbocycles. The standard InChI is InChI=1S/C8H15IO2/c1-5-8(9,6(10)11)7(2,3)4/h5H2,1-4H3,(H,10,11). The summed E-state index contributed by atoms with van der Waals surface area (Å²) in [5.41, 5.74) is -0.186. The van der Waals surface area contributed by atoms with Gasteiger partial charge in [-0.25, -0.2) is 0 Å². The van der Waals surface area contributed by atoms with Crippen molar-refractivity contribution in [2.75, 3.05) is 0 Å². The Balaban J connectivity index is 4.75. The summed E-state index contributed by atoms with van der Waals surface area (Å²) in [7, 11) is 0. The van der Waals surface area contributed by atoms with Gasteiger partial charge in [0.25, 0.3) is 0 Å². The van der Waals surface area contributed by atoms with Crippen molar-refractivity contribution in [1.29, 1.82) is 0 Å². The number of hydrogen-bond acceptors (Lipinski definition) is 1. The number of carbonyl (C=O) groups is 1. The largest absolute Gasteiger partial charge is 0.480 e. The van der Waals surface area contributed by atoms with Crippen molar-refractivity contribution >= 4 is 28.6 Å². The van der Waals surface area contributed by atoms with Crippen LogP contribution in [0.4, 0.5) is 0 Å². The quantitative estimate of drug-likeness (QED) is 0.618.